The van der Waals surface area contributed by atoms with Gasteiger partial charge in [-0.1, -0.05) is 84.9 Å². The van der Waals surface area contributed by atoms with Crippen molar-refractivity contribution in [1.29, 1.82) is 0 Å². The van der Waals surface area contributed by atoms with Gasteiger partial charge in [0, 0.05) is 26.2 Å². The van der Waals surface area contributed by atoms with Crippen LogP contribution in [0.25, 0.3) is 11.1 Å². The lowest BCUT2D eigenvalue weighted by Crippen LogP contribution is -2.61. The summed E-state index contributed by atoms with van der Waals surface area (Å²) in [6, 6.07) is 33.3. The number of hydrogen-bond acceptors (Lipinski definition) is 5. The SMILES string of the molecule is COc1ccc(-c2ccc(S(=O)(=O)N(Cc3ccccc3)C3(C(=O)O)CCN(Cc4ccccc4)CC3)cc2)cc1. The van der Waals surface area contributed by atoms with Gasteiger partial charge in [0.1, 0.15) is 11.3 Å². The number of aliphatic carboxylic acids is 1. The predicted molar refractivity (Wildman–Crippen MR) is 159 cm³/mol. The molecule has 5 rings (SSSR count). The second-order valence-electron chi connectivity index (χ2n) is 10.3. The molecule has 0 atom stereocenters. The summed E-state index contributed by atoms with van der Waals surface area (Å²) in [5.41, 5.74) is 2.07. The number of carboxylic acid groups (broad SMARTS) is 1. The quantitative estimate of drug-likeness (QED) is 0.264. The summed E-state index contributed by atoms with van der Waals surface area (Å²) >= 11 is 0. The molecule has 0 unspecified atom stereocenters. The van der Waals surface area contributed by atoms with Crippen molar-refractivity contribution in [2.45, 2.75) is 36.4 Å². The van der Waals surface area contributed by atoms with Gasteiger partial charge in [-0.25, -0.2) is 8.42 Å². The third-order valence-electron chi connectivity index (χ3n) is 7.84. The van der Waals surface area contributed by atoms with Crippen LogP contribution in [0, 0.1) is 0 Å². The van der Waals surface area contributed by atoms with Crippen LogP contribution in [-0.2, 0) is 27.9 Å². The number of sulfonamides is 1. The normalized spacial score (nSPS) is 15.5. The zero-order chi connectivity index (χ0) is 28.9. The molecule has 212 valence electrons. The number of ether oxygens (including phenoxy) is 1. The molecule has 1 saturated heterocycles. The summed E-state index contributed by atoms with van der Waals surface area (Å²) in [6.45, 7) is 1.60. The zero-order valence-corrected chi connectivity index (χ0v) is 23.8. The van der Waals surface area contributed by atoms with Gasteiger partial charge in [-0.15, -0.1) is 0 Å². The number of methoxy groups -OCH3 is 1. The lowest BCUT2D eigenvalue weighted by atomic mass is 9.87. The predicted octanol–water partition coefficient (Wildman–Crippen LogP) is 5.67. The first-order valence-corrected chi connectivity index (χ1v) is 15.1. The van der Waals surface area contributed by atoms with Gasteiger partial charge in [-0.05, 0) is 59.4 Å². The van der Waals surface area contributed by atoms with Crippen LogP contribution in [0.3, 0.4) is 0 Å². The molecule has 0 spiro atoms. The molecule has 4 aromatic carbocycles. The van der Waals surface area contributed by atoms with Gasteiger partial charge in [0.25, 0.3) is 0 Å². The van der Waals surface area contributed by atoms with E-state index >= 15 is 0 Å². The van der Waals surface area contributed by atoms with Crippen LogP contribution < -0.4 is 4.74 Å². The monoisotopic (exact) mass is 570 g/mol. The van der Waals surface area contributed by atoms with Gasteiger partial charge in [-0.2, -0.15) is 4.31 Å². The van der Waals surface area contributed by atoms with Crippen molar-refractivity contribution < 1.29 is 23.1 Å². The van der Waals surface area contributed by atoms with Gasteiger partial charge in [0.15, 0.2) is 0 Å². The van der Waals surface area contributed by atoms with E-state index in [0.717, 1.165) is 28.0 Å². The highest BCUT2D eigenvalue weighted by Gasteiger charge is 2.51. The molecular weight excluding hydrogens is 536 g/mol. The molecule has 1 aliphatic heterocycles. The molecule has 0 amide bonds. The Morgan fingerprint density at radius 2 is 1.32 bits per heavy atom. The van der Waals surface area contributed by atoms with Crippen LogP contribution in [0.1, 0.15) is 24.0 Å². The first-order chi connectivity index (χ1) is 19.8. The first kappa shape index (κ1) is 28.5. The van der Waals surface area contributed by atoms with Gasteiger partial charge in [0.2, 0.25) is 10.0 Å². The fraction of sp³-hybridized carbons (Fsp3) is 0.242. The Morgan fingerprint density at radius 3 is 1.83 bits per heavy atom. The topological polar surface area (TPSA) is 87.2 Å². The molecule has 0 aliphatic carbocycles. The van der Waals surface area contributed by atoms with Crippen molar-refractivity contribution in [2.24, 2.45) is 0 Å². The maximum absolute atomic E-state index is 14.3. The molecule has 1 N–H and O–H groups in total. The van der Waals surface area contributed by atoms with Crippen molar-refractivity contribution in [2.75, 3.05) is 20.2 Å². The van der Waals surface area contributed by atoms with Gasteiger partial charge in [0.05, 0.1) is 12.0 Å². The molecule has 0 bridgehead atoms. The fourth-order valence-electron chi connectivity index (χ4n) is 5.44. The molecule has 7 nitrogen and oxygen atoms in total. The second kappa shape index (κ2) is 12.3. The Balaban J connectivity index is 1.46. The minimum absolute atomic E-state index is 0.0333. The van der Waals surface area contributed by atoms with E-state index in [0.29, 0.717) is 19.6 Å². The maximum Gasteiger partial charge on any atom is 0.325 e. The molecule has 4 aromatic rings. The molecule has 1 aliphatic rings. The average Bonchev–Trinajstić information content (AvgIpc) is 3.01. The minimum Gasteiger partial charge on any atom is -0.497 e. The molecule has 1 fully saturated rings. The second-order valence-corrected chi connectivity index (χ2v) is 12.2. The molecule has 8 heteroatoms. The average molecular weight is 571 g/mol. The highest BCUT2D eigenvalue weighted by molar-refractivity contribution is 7.89. The summed E-state index contributed by atoms with van der Waals surface area (Å²) in [4.78, 5) is 15.3. The summed E-state index contributed by atoms with van der Waals surface area (Å²) in [5.74, 6) is -0.385. The van der Waals surface area contributed by atoms with E-state index in [1.165, 1.54) is 4.31 Å². The number of nitrogens with zero attached hydrogens (tertiary/aromatic N) is 2. The Bertz CT molecular complexity index is 1550. The molecule has 41 heavy (non-hydrogen) atoms. The number of carboxylic acids is 1. The molecule has 0 saturated carbocycles. The molecule has 0 radical (unpaired) electrons. The Morgan fingerprint density at radius 1 is 0.805 bits per heavy atom. The number of carbonyl (C=O) groups is 1. The Hall–Kier alpha value is -3.98. The van der Waals surface area contributed by atoms with Crippen LogP contribution in [0.4, 0.5) is 0 Å². The first-order valence-electron chi connectivity index (χ1n) is 13.6. The fourth-order valence-corrected chi connectivity index (χ4v) is 7.21. The van der Waals surface area contributed by atoms with Gasteiger partial charge < -0.3 is 9.84 Å². The third kappa shape index (κ3) is 6.20. The van der Waals surface area contributed by atoms with Crippen molar-refractivity contribution in [3.05, 3.63) is 120 Å². The summed E-state index contributed by atoms with van der Waals surface area (Å²) < 4.78 is 35.0. The van der Waals surface area contributed by atoms with Crippen LogP contribution in [-0.4, -0.2) is 54.4 Å². The summed E-state index contributed by atoms with van der Waals surface area (Å²) in [5, 5.41) is 10.6. The lowest BCUT2D eigenvalue weighted by molar-refractivity contribution is -0.151. The van der Waals surface area contributed by atoms with E-state index in [2.05, 4.69) is 4.90 Å². The van der Waals surface area contributed by atoms with Gasteiger partial charge >= 0.3 is 5.97 Å². The Labute approximate surface area is 241 Å². The van der Waals surface area contributed by atoms with Crippen molar-refractivity contribution in [1.82, 2.24) is 9.21 Å². The number of likely N-dealkylation sites (tertiary alicyclic amines) is 1. The van der Waals surface area contributed by atoms with Crippen LogP contribution in [0.2, 0.25) is 0 Å². The highest BCUT2D eigenvalue weighted by Crippen LogP contribution is 2.37. The molecule has 1 heterocycles. The number of hydrogen-bond donors (Lipinski definition) is 1. The van der Waals surface area contributed by atoms with Crippen molar-refractivity contribution in [3.8, 4) is 16.9 Å². The number of piperidine rings is 1. The Kier molecular flexibility index (Phi) is 8.54. The van der Waals surface area contributed by atoms with Crippen molar-refractivity contribution >= 4 is 16.0 Å². The third-order valence-corrected chi connectivity index (χ3v) is 9.77. The van der Waals surface area contributed by atoms with E-state index in [-0.39, 0.29) is 24.3 Å². The number of benzene rings is 4. The van der Waals surface area contributed by atoms with Crippen LogP contribution >= 0.6 is 0 Å². The van der Waals surface area contributed by atoms with Crippen LogP contribution in [0.5, 0.6) is 5.75 Å². The van der Waals surface area contributed by atoms with E-state index in [1.807, 2.05) is 84.9 Å². The summed E-state index contributed by atoms with van der Waals surface area (Å²) in [7, 11) is -2.57. The summed E-state index contributed by atoms with van der Waals surface area (Å²) in [6.07, 6.45) is 0.371. The maximum atomic E-state index is 14.3. The van der Waals surface area contributed by atoms with E-state index in [4.69, 9.17) is 4.74 Å². The van der Waals surface area contributed by atoms with Crippen LogP contribution in [0.15, 0.2) is 114 Å². The molecular formula is C33H34N2O5S. The largest absolute Gasteiger partial charge is 0.497 e. The standard InChI is InChI=1S/C33H34N2O5S/c1-40-30-16-12-28(13-17-30)29-14-18-31(19-15-29)41(38,39)35(25-27-10-6-3-7-11-27)33(32(36)37)20-22-34(23-21-33)24-26-8-4-2-5-9-26/h2-19H,20-25H2,1H3,(H,36,37). The zero-order valence-electron chi connectivity index (χ0n) is 23.0. The molecule has 0 aromatic heterocycles. The smallest absolute Gasteiger partial charge is 0.325 e. The van der Waals surface area contributed by atoms with E-state index < -0.39 is 21.5 Å². The minimum atomic E-state index is -4.17. The van der Waals surface area contributed by atoms with E-state index in [1.54, 1.807) is 31.4 Å². The van der Waals surface area contributed by atoms with Gasteiger partial charge in [-0.3, -0.25) is 9.69 Å². The number of rotatable bonds is 10. The van der Waals surface area contributed by atoms with Crippen molar-refractivity contribution in [3.63, 3.8) is 0 Å². The lowest BCUT2D eigenvalue weighted by Gasteiger charge is -2.45. The van der Waals surface area contributed by atoms with E-state index in [9.17, 15) is 18.3 Å². The highest BCUT2D eigenvalue weighted by atomic mass is 32.2.